The minimum Gasteiger partial charge on any atom is -0.348 e. The fourth-order valence-corrected chi connectivity index (χ4v) is 2.90. The van der Waals surface area contributed by atoms with E-state index in [0.29, 0.717) is 5.02 Å². The number of aryl methyl sites for hydroxylation is 1. The highest BCUT2D eigenvalue weighted by molar-refractivity contribution is 6.31. The number of rotatable bonds is 7. The van der Waals surface area contributed by atoms with Crippen LogP contribution in [0, 0.1) is 0 Å². The first kappa shape index (κ1) is 18.5. The van der Waals surface area contributed by atoms with Crippen LogP contribution in [-0.2, 0) is 11.2 Å². The maximum atomic E-state index is 12.2. The van der Waals surface area contributed by atoms with Crippen LogP contribution in [0.25, 0.3) is 0 Å². The predicted octanol–water partition coefficient (Wildman–Crippen LogP) is 4.43. The van der Waals surface area contributed by atoms with Crippen LogP contribution >= 0.6 is 11.6 Å². The Labute approximate surface area is 149 Å². The van der Waals surface area contributed by atoms with Gasteiger partial charge >= 0.3 is 0 Å². The predicted molar refractivity (Wildman–Crippen MR) is 100 cm³/mol. The molecule has 2 aromatic carbocycles. The van der Waals surface area contributed by atoms with E-state index in [4.69, 9.17) is 11.6 Å². The molecule has 0 aliphatic rings. The largest absolute Gasteiger partial charge is 0.348 e. The smallest absolute Gasteiger partial charge is 0.234 e. The van der Waals surface area contributed by atoms with Gasteiger partial charge in [-0.2, -0.15) is 0 Å². The Morgan fingerprint density at radius 3 is 2.33 bits per heavy atom. The summed E-state index contributed by atoms with van der Waals surface area (Å²) in [5.41, 5.74) is 3.40. The molecule has 2 rings (SSSR count). The Bertz CT molecular complexity index is 670. The standard InChI is InChI=1S/C20H25ClN2O/c1-4-16-9-11-17(12-10-16)14(2)23-20(24)13-22-15(3)18-7-5-6-8-19(18)21/h5-12,14-15,22H,4,13H2,1-3H3,(H,23,24)/t14-,15-/m0/s1. The van der Waals surface area contributed by atoms with Crippen LogP contribution in [0.4, 0.5) is 0 Å². The molecule has 2 atom stereocenters. The van der Waals surface area contributed by atoms with Crippen LogP contribution in [0.5, 0.6) is 0 Å². The molecule has 0 saturated heterocycles. The summed E-state index contributed by atoms with van der Waals surface area (Å²) in [6, 6.07) is 16.0. The summed E-state index contributed by atoms with van der Waals surface area (Å²) in [5.74, 6) is -0.0269. The van der Waals surface area contributed by atoms with Crippen molar-refractivity contribution < 1.29 is 4.79 Å². The summed E-state index contributed by atoms with van der Waals surface area (Å²) in [6.45, 7) is 6.38. The highest BCUT2D eigenvalue weighted by atomic mass is 35.5. The highest BCUT2D eigenvalue weighted by Gasteiger charge is 2.13. The van der Waals surface area contributed by atoms with Crippen molar-refractivity contribution >= 4 is 17.5 Å². The molecule has 0 aliphatic carbocycles. The number of hydrogen-bond acceptors (Lipinski definition) is 2. The molecule has 0 radical (unpaired) electrons. The molecule has 2 N–H and O–H groups in total. The van der Waals surface area contributed by atoms with E-state index in [9.17, 15) is 4.79 Å². The summed E-state index contributed by atoms with van der Waals surface area (Å²) < 4.78 is 0. The number of hydrogen-bond donors (Lipinski definition) is 2. The normalized spacial score (nSPS) is 13.3. The average molecular weight is 345 g/mol. The summed E-state index contributed by atoms with van der Waals surface area (Å²) in [6.07, 6.45) is 1.02. The lowest BCUT2D eigenvalue weighted by molar-refractivity contribution is -0.121. The molecule has 0 heterocycles. The average Bonchev–Trinajstić information content (AvgIpc) is 2.60. The lowest BCUT2D eigenvalue weighted by Crippen LogP contribution is -2.36. The maximum Gasteiger partial charge on any atom is 0.234 e. The second-order valence-electron chi connectivity index (χ2n) is 6.01. The van der Waals surface area contributed by atoms with Gasteiger partial charge < -0.3 is 10.6 Å². The molecule has 2 aromatic rings. The number of amides is 1. The summed E-state index contributed by atoms with van der Waals surface area (Å²) in [7, 11) is 0. The van der Waals surface area contributed by atoms with Crippen molar-refractivity contribution in [2.24, 2.45) is 0 Å². The van der Waals surface area contributed by atoms with Crippen LogP contribution in [0.1, 0.15) is 49.5 Å². The fraction of sp³-hybridized carbons (Fsp3) is 0.350. The van der Waals surface area contributed by atoms with E-state index in [1.165, 1.54) is 5.56 Å². The Morgan fingerprint density at radius 2 is 1.71 bits per heavy atom. The van der Waals surface area contributed by atoms with E-state index in [1.54, 1.807) is 0 Å². The molecule has 0 fully saturated rings. The summed E-state index contributed by atoms with van der Waals surface area (Å²) in [5, 5.41) is 6.95. The fourth-order valence-electron chi connectivity index (χ4n) is 2.60. The highest BCUT2D eigenvalue weighted by Crippen LogP contribution is 2.21. The van der Waals surface area contributed by atoms with Gasteiger partial charge in [0.05, 0.1) is 12.6 Å². The third-order valence-electron chi connectivity index (χ3n) is 4.21. The molecule has 128 valence electrons. The number of carbonyl (C=O) groups excluding carboxylic acids is 1. The van der Waals surface area contributed by atoms with Gasteiger partial charge in [0.25, 0.3) is 0 Å². The first-order chi connectivity index (χ1) is 11.5. The molecule has 3 nitrogen and oxygen atoms in total. The first-order valence-corrected chi connectivity index (χ1v) is 8.75. The van der Waals surface area contributed by atoms with Gasteiger partial charge in [0.2, 0.25) is 5.91 Å². The quantitative estimate of drug-likeness (QED) is 0.780. The van der Waals surface area contributed by atoms with E-state index < -0.39 is 0 Å². The number of carbonyl (C=O) groups is 1. The first-order valence-electron chi connectivity index (χ1n) is 8.37. The van der Waals surface area contributed by atoms with Gasteiger partial charge in [-0.05, 0) is 43.0 Å². The Morgan fingerprint density at radius 1 is 1.04 bits per heavy atom. The van der Waals surface area contributed by atoms with Crippen molar-refractivity contribution in [3.05, 3.63) is 70.2 Å². The van der Waals surface area contributed by atoms with Crippen molar-refractivity contribution in [3.8, 4) is 0 Å². The van der Waals surface area contributed by atoms with Crippen LogP contribution in [-0.4, -0.2) is 12.5 Å². The molecule has 0 spiro atoms. The number of halogens is 1. The van der Waals surface area contributed by atoms with E-state index in [1.807, 2.05) is 38.1 Å². The van der Waals surface area contributed by atoms with Crippen LogP contribution < -0.4 is 10.6 Å². The molecule has 0 aromatic heterocycles. The number of benzene rings is 2. The Kier molecular flexibility index (Phi) is 6.83. The second-order valence-corrected chi connectivity index (χ2v) is 6.42. The molecular formula is C20H25ClN2O. The molecule has 4 heteroatoms. The third kappa shape index (κ3) is 5.08. The second kappa shape index (κ2) is 8.86. The van der Waals surface area contributed by atoms with E-state index in [-0.39, 0.29) is 24.5 Å². The Hall–Kier alpha value is -1.84. The van der Waals surface area contributed by atoms with Gasteiger partial charge in [-0.15, -0.1) is 0 Å². The zero-order valence-electron chi connectivity index (χ0n) is 14.5. The molecule has 0 aliphatic heterocycles. The van der Waals surface area contributed by atoms with Gasteiger partial charge in [-0.25, -0.2) is 0 Å². The van der Waals surface area contributed by atoms with Gasteiger partial charge in [0.15, 0.2) is 0 Å². The topological polar surface area (TPSA) is 41.1 Å². The third-order valence-corrected chi connectivity index (χ3v) is 4.55. The van der Waals surface area contributed by atoms with Crippen molar-refractivity contribution in [2.75, 3.05) is 6.54 Å². The minimum atomic E-state index is -0.0269. The molecular weight excluding hydrogens is 320 g/mol. The van der Waals surface area contributed by atoms with E-state index in [2.05, 4.69) is 41.8 Å². The summed E-state index contributed by atoms with van der Waals surface area (Å²) in [4.78, 5) is 12.2. The van der Waals surface area contributed by atoms with Gasteiger partial charge in [-0.3, -0.25) is 4.79 Å². The van der Waals surface area contributed by atoms with Crippen LogP contribution in [0.2, 0.25) is 5.02 Å². The van der Waals surface area contributed by atoms with Crippen molar-refractivity contribution in [3.63, 3.8) is 0 Å². The van der Waals surface area contributed by atoms with E-state index >= 15 is 0 Å². The maximum absolute atomic E-state index is 12.2. The van der Waals surface area contributed by atoms with Gasteiger partial charge in [0.1, 0.15) is 0 Å². The van der Waals surface area contributed by atoms with Gasteiger partial charge in [-0.1, -0.05) is 61.0 Å². The Balaban J connectivity index is 1.85. The van der Waals surface area contributed by atoms with Crippen molar-refractivity contribution in [1.82, 2.24) is 10.6 Å². The van der Waals surface area contributed by atoms with Gasteiger partial charge in [0, 0.05) is 11.1 Å². The lowest BCUT2D eigenvalue weighted by atomic mass is 10.0. The van der Waals surface area contributed by atoms with Crippen molar-refractivity contribution in [2.45, 2.75) is 39.3 Å². The lowest BCUT2D eigenvalue weighted by Gasteiger charge is -2.18. The summed E-state index contributed by atoms with van der Waals surface area (Å²) >= 11 is 6.18. The molecule has 0 bridgehead atoms. The minimum absolute atomic E-state index is 0.0131. The monoisotopic (exact) mass is 344 g/mol. The van der Waals surface area contributed by atoms with Crippen LogP contribution in [0.15, 0.2) is 48.5 Å². The molecule has 1 amide bonds. The SMILES string of the molecule is CCc1ccc([C@H](C)NC(=O)CN[C@@H](C)c2ccccc2Cl)cc1. The molecule has 0 saturated carbocycles. The zero-order valence-corrected chi connectivity index (χ0v) is 15.2. The number of nitrogens with one attached hydrogen (secondary N) is 2. The zero-order chi connectivity index (χ0) is 17.5. The van der Waals surface area contributed by atoms with Crippen molar-refractivity contribution in [1.29, 1.82) is 0 Å². The van der Waals surface area contributed by atoms with E-state index in [0.717, 1.165) is 17.5 Å². The molecule has 0 unspecified atom stereocenters. The molecule has 24 heavy (non-hydrogen) atoms. The van der Waals surface area contributed by atoms with Crippen LogP contribution in [0.3, 0.4) is 0 Å².